The predicted octanol–water partition coefficient (Wildman–Crippen LogP) is 4.55. The number of ether oxygens (including phenoxy) is 2. The highest BCUT2D eigenvalue weighted by atomic mass is 16.5. The third-order valence-corrected chi connectivity index (χ3v) is 5.05. The second kappa shape index (κ2) is 7.80. The second-order valence-corrected chi connectivity index (χ2v) is 6.90. The molecular formula is C23H23NO3. The summed E-state index contributed by atoms with van der Waals surface area (Å²) in [5, 5.41) is 2.26. The lowest BCUT2D eigenvalue weighted by molar-refractivity contribution is -0.0109. The minimum Gasteiger partial charge on any atom is -0.490 e. The van der Waals surface area contributed by atoms with Crippen molar-refractivity contribution in [2.24, 2.45) is 5.73 Å². The molecule has 4 nitrogen and oxygen atoms in total. The molecule has 138 valence electrons. The van der Waals surface area contributed by atoms with Gasteiger partial charge < -0.3 is 15.2 Å². The van der Waals surface area contributed by atoms with E-state index in [-0.39, 0.29) is 6.10 Å². The SMILES string of the molecule is NC(=O)c1ccc(-c2c(OCC3CCCCO3)ccc3ccccc23)cc1. The van der Waals surface area contributed by atoms with Crippen LogP contribution < -0.4 is 10.5 Å². The van der Waals surface area contributed by atoms with Crippen LogP contribution in [0.4, 0.5) is 0 Å². The first-order chi connectivity index (χ1) is 13.2. The van der Waals surface area contributed by atoms with Crippen molar-refractivity contribution >= 4 is 16.7 Å². The number of primary amides is 1. The molecule has 1 unspecified atom stereocenters. The number of fused-ring (bicyclic) bond motifs is 1. The second-order valence-electron chi connectivity index (χ2n) is 6.90. The highest BCUT2D eigenvalue weighted by molar-refractivity contribution is 6.00. The van der Waals surface area contributed by atoms with Crippen LogP contribution >= 0.6 is 0 Å². The number of hydrogen-bond donors (Lipinski definition) is 1. The smallest absolute Gasteiger partial charge is 0.248 e. The lowest BCUT2D eigenvalue weighted by atomic mass is 9.96. The number of benzene rings is 3. The number of carbonyl (C=O) groups is 1. The van der Waals surface area contributed by atoms with Crippen LogP contribution in [0.1, 0.15) is 29.6 Å². The van der Waals surface area contributed by atoms with E-state index in [0.29, 0.717) is 12.2 Å². The van der Waals surface area contributed by atoms with Crippen LogP contribution in [0.25, 0.3) is 21.9 Å². The van der Waals surface area contributed by atoms with Gasteiger partial charge in [-0.2, -0.15) is 0 Å². The molecule has 4 heteroatoms. The average Bonchev–Trinajstić information content (AvgIpc) is 2.72. The summed E-state index contributed by atoms with van der Waals surface area (Å²) >= 11 is 0. The van der Waals surface area contributed by atoms with E-state index in [1.165, 1.54) is 6.42 Å². The molecule has 1 heterocycles. The number of carbonyl (C=O) groups excluding carboxylic acids is 1. The van der Waals surface area contributed by atoms with E-state index in [4.69, 9.17) is 15.2 Å². The van der Waals surface area contributed by atoms with E-state index in [2.05, 4.69) is 18.2 Å². The summed E-state index contributed by atoms with van der Waals surface area (Å²) in [6.07, 6.45) is 3.50. The van der Waals surface area contributed by atoms with E-state index >= 15 is 0 Å². The maximum Gasteiger partial charge on any atom is 0.248 e. The Labute approximate surface area is 158 Å². The zero-order valence-electron chi connectivity index (χ0n) is 15.2. The van der Waals surface area contributed by atoms with E-state index < -0.39 is 5.91 Å². The summed E-state index contributed by atoms with van der Waals surface area (Å²) in [6.45, 7) is 1.36. The Morgan fingerprint density at radius 3 is 2.59 bits per heavy atom. The van der Waals surface area contributed by atoms with Gasteiger partial charge in [0, 0.05) is 17.7 Å². The molecule has 0 bridgehead atoms. The Kier molecular flexibility index (Phi) is 5.07. The van der Waals surface area contributed by atoms with Gasteiger partial charge in [-0.05, 0) is 53.8 Å². The Morgan fingerprint density at radius 1 is 1.04 bits per heavy atom. The number of amides is 1. The maximum absolute atomic E-state index is 11.4. The summed E-state index contributed by atoms with van der Waals surface area (Å²) in [7, 11) is 0. The summed E-state index contributed by atoms with van der Waals surface area (Å²) in [4.78, 5) is 11.4. The van der Waals surface area contributed by atoms with Crippen molar-refractivity contribution in [2.45, 2.75) is 25.4 Å². The normalized spacial score (nSPS) is 17.0. The monoisotopic (exact) mass is 361 g/mol. The van der Waals surface area contributed by atoms with Gasteiger partial charge in [0.15, 0.2) is 0 Å². The number of nitrogens with two attached hydrogens (primary N) is 1. The first-order valence-electron chi connectivity index (χ1n) is 9.39. The van der Waals surface area contributed by atoms with Crippen LogP contribution in [-0.4, -0.2) is 25.2 Å². The van der Waals surface area contributed by atoms with Gasteiger partial charge in [-0.15, -0.1) is 0 Å². The van der Waals surface area contributed by atoms with E-state index in [9.17, 15) is 4.79 Å². The third-order valence-electron chi connectivity index (χ3n) is 5.05. The number of rotatable bonds is 5. The van der Waals surface area contributed by atoms with Crippen LogP contribution in [0, 0.1) is 0 Å². The zero-order chi connectivity index (χ0) is 18.6. The van der Waals surface area contributed by atoms with Crippen molar-refractivity contribution in [1.29, 1.82) is 0 Å². The molecule has 1 aliphatic rings. The highest BCUT2D eigenvalue weighted by Gasteiger charge is 2.17. The largest absolute Gasteiger partial charge is 0.490 e. The molecule has 2 N–H and O–H groups in total. The van der Waals surface area contributed by atoms with Gasteiger partial charge in [-0.25, -0.2) is 0 Å². The molecule has 1 fully saturated rings. The quantitative estimate of drug-likeness (QED) is 0.725. The van der Waals surface area contributed by atoms with Gasteiger partial charge in [0.05, 0.1) is 6.10 Å². The van der Waals surface area contributed by atoms with Crippen LogP contribution in [0.5, 0.6) is 5.75 Å². The van der Waals surface area contributed by atoms with Gasteiger partial charge >= 0.3 is 0 Å². The minimum absolute atomic E-state index is 0.148. The van der Waals surface area contributed by atoms with Crippen molar-refractivity contribution in [3.05, 3.63) is 66.2 Å². The summed E-state index contributed by atoms with van der Waals surface area (Å²) < 4.78 is 12.0. The molecule has 0 saturated carbocycles. The van der Waals surface area contributed by atoms with Crippen molar-refractivity contribution in [2.75, 3.05) is 13.2 Å². The summed E-state index contributed by atoms with van der Waals surface area (Å²) in [6, 6.07) is 19.7. The molecule has 0 aromatic heterocycles. The minimum atomic E-state index is -0.426. The van der Waals surface area contributed by atoms with Crippen LogP contribution in [0.2, 0.25) is 0 Å². The molecule has 1 aliphatic heterocycles. The Bertz CT molecular complexity index is 943. The Morgan fingerprint density at radius 2 is 1.85 bits per heavy atom. The van der Waals surface area contributed by atoms with Crippen LogP contribution in [0.15, 0.2) is 60.7 Å². The zero-order valence-corrected chi connectivity index (χ0v) is 15.2. The lowest BCUT2D eigenvalue weighted by Gasteiger charge is -2.23. The standard InChI is InChI=1S/C23H23NO3/c24-23(25)18-10-8-17(9-11-18)22-20-7-2-1-5-16(20)12-13-21(22)27-15-19-6-3-4-14-26-19/h1-2,5,7-13,19H,3-4,6,14-15H2,(H2,24,25). The van der Waals surface area contributed by atoms with Crippen LogP contribution in [-0.2, 0) is 4.74 Å². The summed E-state index contributed by atoms with van der Waals surface area (Å²) in [5.74, 6) is 0.403. The van der Waals surface area contributed by atoms with Crippen LogP contribution in [0.3, 0.4) is 0 Å². The molecule has 3 aromatic rings. The number of hydrogen-bond acceptors (Lipinski definition) is 3. The molecule has 3 aromatic carbocycles. The molecule has 0 radical (unpaired) electrons. The Balaban J connectivity index is 1.72. The van der Waals surface area contributed by atoms with Gasteiger partial charge in [-0.1, -0.05) is 42.5 Å². The van der Waals surface area contributed by atoms with E-state index in [0.717, 1.165) is 47.1 Å². The predicted molar refractivity (Wildman–Crippen MR) is 107 cm³/mol. The van der Waals surface area contributed by atoms with Gasteiger partial charge in [-0.3, -0.25) is 4.79 Å². The molecule has 1 amide bonds. The van der Waals surface area contributed by atoms with E-state index in [1.807, 2.05) is 30.3 Å². The molecule has 1 saturated heterocycles. The third kappa shape index (κ3) is 3.81. The van der Waals surface area contributed by atoms with Crippen molar-refractivity contribution in [3.8, 4) is 16.9 Å². The molecule has 1 atom stereocenters. The van der Waals surface area contributed by atoms with Crippen molar-refractivity contribution in [1.82, 2.24) is 0 Å². The van der Waals surface area contributed by atoms with E-state index in [1.54, 1.807) is 12.1 Å². The van der Waals surface area contributed by atoms with Gasteiger partial charge in [0.25, 0.3) is 0 Å². The highest BCUT2D eigenvalue weighted by Crippen LogP contribution is 2.37. The summed E-state index contributed by atoms with van der Waals surface area (Å²) in [5.41, 5.74) is 7.90. The first-order valence-corrected chi connectivity index (χ1v) is 9.39. The van der Waals surface area contributed by atoms with Crippen molar-refractivity contribution in [3.63, 3.8) is 0 Å². The fourth-order valence-electron chi connectivity index (χ4n) is 3.59. The molecule has 0 aliphatic carbocycles. The van der Waals surface area contributed by atoms with Gasteiger partial charge in [0.1, 0.15) is 12.4 Å². The fourth-order valence-corrected chi connectivity index (χ4v) is 3.59. The topological polar surface area (TPSA) is 61.6 Å². The van der Waals surface area contributed by atoms with Crippen molar-refractivity contribution < 1.29 is 14.3 Å². The lowest BCUT2D eigenvalue weighted by Crippen LogP contribution is -2.25. The molecule has 4 rings (SSSR count). The fraction of sp³-hybridized carbons (Fsp3) is 0.261. The van der Waals surface area contributed by atoms with Gasteiger partial charge in [0.2, 0.25) is 5.91 Å². The molecule has 27 heavy (non-hydrogen) atoms. The first kappa shape index (κ1) is 17.6. The maximum atomic E-state index is 11.4. The Hall–Kier alpha value is -2.85. The molecule has 0 spiro atoms. The average molecular weight is 361 g/mol. The molecular weight excluding hydrogens is 338 g/mol.